The van der Waals surface area contributed by atoms with Gasteiger partial charge in [0.25, 0.3) is 0 Å². The second-order valence-electron chi connectivity index (χ2n) is 7.67. The topological polar surface area (TPSA) is 63.1 Å². The van der Waals surface area contributed by atoms with Crippen LogP contribution in [0.5, 0.6) is 0 Å². The van der Waals surface area contributed by atoms with Gasteiger partial charge < -0.3 is 10.2 Å². The molecule has 144 valence electrons. The Morgan fingerprint density at radius 1 is 1.15 bits per heavy atom. The summed E-state index contributed by atoms with van der Waals surface area (Å²) in [6.07, 6.45) is 4.76. The zero-order valence-corrected chi connectivity index (χ0v) is 16.8. The number of hydrogen-bond acceptors (Lipinski definition) is 5. The predicted molar refractivity (Wildman–Crippen MR) is 109 cm³/mol. The Hall–Kier alpha value is -2.02. The largest absolute Gasteiger partial charge is 0.341 e. The number of carbonyl (C=O) groups excluding carboxylic acids is 1. The summed E-state index contributed by atoms with van der Waals surface area (Å²) in [4.78, 5) is 14.9. The summed E-state index contributed by atoms with van der Waals surface area (Å²) in [5.41, 5.74) is 0.821. The number of nitrogens with zero attached hydrogens (tertiary/aromatic N) is 4. The van der Waals surface area contributed by atoms with Crippen molar-refractivity contribution in [3.05, 3.63) is 30.3 Å². The number of anilines is 2. The molecule has 2 aromatic rings. The molecule has 27 heavy (non-hydrogen) atoms. The molecule has 0 radical (unpaired) electrons. The summed E-state index contributed by atoms with van der Waals surface area (Å²) in [5, 5.41) is 12.6. The molecule has 1 aromatic carbocycles. The molecular weight excluding hydrogens is 358 g/mol. The van der Waals surface area contributed by atoms with Gasteiger partial charge in [0.2, 0.25) is 11.9 Å². The molecular formula is C20H27N5OS. The van der Waals surface area contributed by atoms with Crippen LogP contribution in [0, 0.1) is 5.92 Å². The molecule has 7 heteroatoms. The van der Waals surface area contributed by atoms with Gasteiger partial charge in [-0.3, -0.25) is 9.36 Å². The molecule has 2 fully saturated rings. The molecule has 0 spiro atoms. The minimum absolute atomic E-state index is 0.00936. The zero-order chi connectivity index (χ0) is 18.8. The molecule has 1 aromatic heterocycles. The monoisotopic (exact) mass is 385 g/mol. The van der Waals surface area contributed by atoms with Crippen molar-refractivity contribution in [2.75, 3.05) is 23.3 Å². The molecule has 1 aliphatic heterocycles. The van der Waals surface area contributed by atoms with E-state index in [1.54, 1.807) is 0 Å². The van der Waals surface area contributed by atoms with Crippen molar-refractivity contribution < 1.29 is 4.79 Å². The Labute approximate surface area is 164 Å². The Morgan fingerprint density at radius 2 is 1.85 bits per heavy atom. The third-order valence-electron chi connectivity index (χ3n) is 5.32. The number of aromatic nitrogens is 3. The lowest BCUT2D eigenvalue weighted by Crippen LogP contribution is -2.34. The summed E-state index contributed by atoms with van der Waals surface area (Å²) >= 11 is 1.50. The Balaban J connectivity index is 1.46. The first-order chi connectivity index (χ1) is 13.1. The van der Waals surface area contributed by atoms with Gasteiger partial charge in [0.1, 0.15) is 0 Å². The average Bonchev–Trinajstić information content (AvgIpc) is 3.43. The van der Waals surface area contributed by atoms with Crippen molar-refractivity contribution in [1.82, 2.24) is 14.8 Å². The van der Waals surface area contributed by atoms with E-state index in [2.05, 4.69) is 31.9 Å². The van der Waals surface area contributed by atoms with Crippen LogP contribution in [0.4, 0.5) is 11.6 Å². The van der Waals surface area contributed by atoms with Crippen LogP contribution in [-0.2, 0) is 4.79 Å². The smallest absolute Gasteiger partial charge is 0.237 e. The highest BCUT2D eigenvalue weighted by Gasteiger charge is 2.33. The summed E-state index contributed by atoms with van der Waals surface area (Å²) in [6.45, 7) is 6.33. The highest BCUT2D eigenvalue weighted by molar-refractivity contribution is 8.00. The molecule has 1 N–H and O–H groups in total. The number of amides is 1. The second kappa shape index (κ2) is 7.92. The van der Waals surface area contributed by atoms with Crippen molar-refractivity contribution in [2.45, 2.75) is 56.0 Å². The van der Waals surface area contributed by atoms with Crippen molar-refractivity contribution in [3.8, 4) is 0 Å². The van der Waals surface area contributed by atoms with Gasteiger partial charge in [-0.2, -0.15) is 0 Å². The Kier molecular flexibility index (Phi) is 5.38. The van der Waals surface area contributed by atoms with Crippen LogP contribution in [0.3, 0.4) is 0 Å². The Morgan fingerprint density at radius 3 is 2.52 bits per heavy atom. The van der Waals surface area contributed by atoms with Gasteiger partial charge in [0.05, 0.1) is 5.25 Å². The van der Waals surface area contributed by atoms with E-state index >= 15 is 0 Å². The van der Waals surface area contributed by atoms with E-state index in [1.165, 1.54) is 37.4 Å². The van der Waals surface area contributed by atoms with Crippen LogP contribution in [0.1, 0.15) is 45.6 Å². The maximum absolute atomic E-state index is 12.6. The molecule has 1 aliphatic carbocycles. The first-order valence-electron chi connectivity index (χ1n) is 9.84. The van der Waals surface area contributed by atoms with E-state index in [1.807, 2.05) is 37.3 Å². The molecule has 1 amide bonds. The third-order valence-corrected chi connectivity index (χ3v) is 6.37. The number of nitrogens with one attached hydrogen (secondary N) is 1. The summed E-state index contributed by atoms with van der Waals surface area (Å²) in [7, 11) is 0. The lowest BCUT2D eigenvalue weighted by atomic mass is 10.00. The van der Waals surface area contributed by atoms with Crippen molar-refractivity contribution in [2.24, 2.45) is 5.92 Å². The fourth-order valence-corrected chi connectivity index (χ4v) is 4.32. The SMILES string of the molecule is CC1CCN(c2nnc(SC(C)C(=O)Nc3ccccc3)n2C2CC2)CC1. The number of carbonyl (C=O) groups is 1. The molecule has 0 bridgehead atoms. The van der Waals surface area contributed by atoms with Crippen molar-refractivity contribution >= 4 is 29.3 Å². The number of rotatable bonds is 6. The van der Waals surface area contributed by atoms with Crippen LogP contribution in [0.15, 0.2) is 35.5 Å². The lowest BCUT2D eigenvalue weighted by molar-refractivity contribution is -0.115. The molecule has 2 heterocycles. The van der Waals surface area contributed by atoms with Crippen LogP contribution < -0.4 is 10.2 Å². The standard InChI is InChI=1S/C20H27N5OS/c1-14-10-12-24(13-11-14)19-22-23-20(25(19)17-8-9-17)27-15(2)18(26)21-16-6-4-3-5-7-16/h3-7,14-15,17H,8-13H2,1-2H3,(H,21,26). The van der Waals surface area contributed by atoms with Gasteiger partial charge in [0.15, 0.2) is 5.16 Å². The van der Waals surface area contributed by atoms with Gasteiger partial charge in [0, 0.05) is 24.8 Å². The van der Waals surface area contributed by atoms with Gasteiger partial charge >= 0.3 is 0 Å². The molecule has 2 aliphatic rings. The molecule has 1 atom stereocenters. The predicted octanol–water partition coefficient (Wildman–Crippen LogP) is 3.97. The van der Waals surface area contributed by atoms with Gasteiger partial charge in [-0.15, -0.1) is 10.2 Å². The van der Waals surface area contributed by atoms with Crippen molar-refractivity contribution in [3.63, 3.8) is 0 Å². The van der Waals surface area contributed by atoms with Crippen molar-refractivity contribution in [1.29, 1.82) is 0 Å². The normalized spacial score (nSPS) is 19.1. The lowest BCUT2D eigenvalue weighted by Gasteiger charge is -2.31. The summed E-state index contributed by atoms with van der Waals surface area (Å²) in [6, 6.07) is 10.1. The molecule has 1 saturated heterocycles. The molecule has 6 nitrogen and oxygen atoms in total. The third kappa shape index (κ3) is 4.29. The van der Waals surface area contributed by atoms with Crippen LogP contribution in [0.25, 0.3) is 0 Å². The average molecular weight is 386 g/mol. The van der Waals surface area contributed by atoms with Crippen LogP contribution >= 0.6 is 11.8 Å². The first kappa shape index (κ1) is 18.3. The van der Waals surface area contributed by atoms with Gasteiger partial charge in [-0.1, -0.05) is 36.9 Å². The number of hydrogen-bond donors (Lipinski definition) is 1. The van der Waals surface area contributed by atoms with E-state index in [4.69, 9.17) is 0 Å². The second-order valence-corrected chi connectivity index (χ2v) is 8.98. The van der Waals surface area contributed by atoms with Gasteiger partial charge in [-0.25, -0.2) is 0 Å². The molecule has 1 saturated carbocycles. The maximum Gasteiger partial charge on any atom is 0.237 e. The number of piperidine rings is 1. The number of benzene rings is 1. The summed E-state index contributed by atoms with van der Waals surface area (Å²) < 4.78 is 2.27. The van der Waals surface area contributed by atoms with E-state index in [0.29, 0.717) is 6.04 Å². The first-order valence-corrected chi connectivity index (χ1v) is 10.7. The minimum Gasteiger partial charge on any atom is -0.341 e. The minimum atomic E-state index is -0.235. The van der Waals surface area contributed by atoms with E-state index < -0.39 is 0 Å². The van der Waals surface area contributed by atoms with Crippen LogP contribution in [0.2, 0.25) is 0 Å². The highest BCUT2D eigenvalue weighted by atomic mass is 32.2. The highest BCUT2D eigenvalue weighted by Crippen LogP contribution is 2.42. The van der Waals surface area contributed by atoms with E-state index in [-0.39, 0.29) is 11.2 Å². The van der Waals surface area contributed by atoms with E-state index in [9.17, 15) is 4.79 Å². The van der Waals surface area contributed by atoms with Gasteiger partial charge in [-0.05, 0) is 50.7 Å². The fourth-order valence-electron chi connectivity index (χ4n) is 3.40. The summed E-state index contributed by atoms with van der Waals surface area (Å²) in [5.74, 6) is 1.77. The Bertz CT molecular complexity index is 781. The van der Waals surface area contributed by atoms with Crippen LogP contribution in [-0.4, -0.2) is 39.0 Å². The number of thioether (sulfide) groups is 1. The van der Waals surface area contributed by atoms with E-state index in [0.717, 1.165) is 35.8 Å². The quantitative estimate of drug-likeness (QED) is 0.763. The molecule has 1 unspecified atom stereocenters. The maximum atomic E-state index is 12.6. The zero-order valence-electron chi connectivity index (χ0n) is 16.0. The fraction of sp³-hybridized carbons (Fsp3) is 0.550. The molecule has 4 rings (SSSR count). The number of para-hydroxylation sites is 1.